The Morgan fingerprint density at radius 3 is 2.48 bits per heavy atom. The molecular weight excluding hydrogens is 371 g/mol. The minimum Gasteiger partial charge on any atom is -0.506 e. The summed E-state index contributed by atoms with van der Waals surface area (Å²) < 4.78 is 14.8. The molecule has 0 aliphatic heterocycles. The number of hydrogen-bond acceptors (Lipinski definition) is 3. The van der Waals surface area contributed by atoms with Crippen LogP contribution in [0.5, 0.6) is 5.75 Å². The molecule has 1 aliphatic carbocycles. The third kappa shape index (κ3) is 3.62. The molecule has 1 aromatic heterocycles. The van der Waals surface area contributed by atoms with Crippen molar-refractivity contribution in [1.29, 1.82) is 0 Å². The number of aromatic nitrogens is 1. The van der Waals surface area contributed by atoms with Crippen molar-refractivity contribution in [3.05, 3.63) is 69.8 Å². The van der Waals surface area contributed by atoms with Crippen LogP contribution in [0.2, 0.25) is 0 Å². The number of halogens is 1. The Balaban J connectivity index is 1.91. The molecule has 0 spiro atoms. The highest BCUT2D eigenvalue weighted by Crippen LogP contribution is 2.29. The fourth-order valence-electron chi connectivity index (χ4n) is 4.05. The van der Waals surface area contributed by atoms with E-state index in [1.54, 1.807) is 12.1 Å². The van der Waals surface area contributed by atoms with Gasteiger partial charge in [-0.05, 0) is 56.2 Å². The van der Waals surface area contributed by atoms with Gasteiger partial charge in [0, 0.05) is 17.1 Å². The second kappa shape index (κ2) is 7.70. The van der Waals surface area contributed by atoms with Gasteiger partial charge in [-0.2, -0.15) is 0 Å². The first-order chi connectivity index (χ1) is 14.0. The monoisotopic (exact) mass is 394 g/mol. The summed E-state index contributed by atoms with van der Waals surface area (Å²) in [5.41, 5.74) is 0.864. The number of nitrogens with zero attached hydrogens (tertiary/aromatic N) is 1. The van der Waals surface area contributed by atoms with Crippen LogP contribution in [0.1, 0.15) is 48.0 Å². The summed E-state index contributed by atoms with van der Waals surface area (Å²) in [5.74, 6) is -1.31. The molecule has 0 radical (unpaired) electrons. The Kier molecular flexibility index (Phi) is 5.09. The van der Waals surface area contributed by atoms with E-state index in [2.05, 4.69) is 5.32 Å². The molecule has 2 aromatic carbocycles. The van der Waals surface area contributed by atoms with E-state index in [0.29, 0.717) is 16.6 Å². The fourth-order valence-corrected chi connectivity index (χ4v) is 4.05. The SMILES string of the molecule is Cc1ccc2c(c1)c(O)c(C(=O)NC1CCCCC1)c(=O)n2-c1ccc(F)cc1. The van der Waals surface area contributed by atoms with E-state index in [4.69, 9.17) is 0 Å². The Hall–Kier alpha value is -3.15. The number of carbonyl (C=O) groups excluding carboxylic acids is 1. The third-order valence-corrected chi connectivity index (χ3v) is 5.55. The van der Waals surface area contributed by atoms with Crippen LogP contribution in [0, 0.1) is 12.7 Å². The first-order valence-electron chi connectivity index (χ1n) is 9.91. The van der Waals surface area contributed by atoms with Gasteiger partial charge in [0.05, 0.1) is 5.52 Å². The largest absolute Gasteiger partial charge is 0.506 e. The van der Waals surface area contributed by atoms with Gasteiger partial charge in [0.1, 0.15) is 17.1 Å². The minimum atomic E-state index is -0.626. The quantitative estimate of drug-likeness (QED) is 0.699. The van der Waals surface area contributed by atoms with Gasteiger partial charge in [0.25, 0.3) is 11.5 Å². The van der Waals surface area contributed by atoms with Gasteiger partial charge >= 0.3 is 0 Å². The van der Waals surface area contributed by atoms with Crippen LogP contribution in [-0.4, -0.2) is 21.6 Å². The number of rotatable bonds is 3. The lowest BCUT2D eigenvalue weighted by molar-refractivity contribution is 0.0923. The molecule has 4 rings (SSSR count). The predicted octanol–water partition coefficient (Wildman–Crippen LogP) is 4.21. The zero-order valence-electron chi connectivity index (χ0n) is 16.2. The van der Waals surface area contributed by atoms with E-state index in [1.165, 1.54) is 28.8 Å². The van der Waals surface area contributed by atoms with Crippen molar-refractivity contribution in [2.75, 3.05) is 0 Å². The van der Waals surface area contributed by atoms with Gasteiger partial charge in [0.15, 0.2) is 0 Å². The number of aryl methyl sites for hydroxylation is 1. The smallest absolute Gasteiger partial charge is 0.272 e. The van der Waals surface area contributed by atoms with E-state index in [1.807, 2.05) is 13.0 Å². The zero-order valence-corrected chi connectivity index (χ0v) is 16.2. The van der Waals surface area contributed by atoms with Crippen molar-refractivity contribution in [3.63, 3.8) is 0 Å². The number of nitrogens with one attached hydrogen (secondary N) is 1. The summed E-state index contributed by atoms with van der Waals surface area (Å²) in [6, 6.07) is 10.8. The summed E-state index contributed by atoms with van der Waals surface area (Å²) in [7, 11) is 0. The van der Waals surface area contributed by atoms with Gasteiger partial charge in [-0.1, -0.05) is 30.9 Å². The predicted molar refractivity (Wildman–Crippen MR) is 110 cm³/mol. The van der Waals surface area contributed by atoms with Crippen molar-refractivity contribution in [2.24, 2.45) is 0 Å². The molecular formula is C23H23FN2O3. The Morgan fingerprint density at radius 2 is 1.79 bits per heavy atom. The van der Waals surface area contributed by atoms with Crippen LogP contribution in [0.15, 0.2) is 47.3 Å². The maximum atomic E-state index is 13.4. The lowest BCUT2D eigenvalue weighted by atomic mass is 9.95. The van der Waals surface area contributed by atoms with Crippen LogP contribution in [0.4, 0.5) is 4.39 Å². The summed E-state index contributed by atoms with van der Waals surface area (Å²) in [4.78, 5) is 26.3. The highest BCUT2D eigenvalue weighted by Gasteiger charge is 2.25. The Morgan fingerprint density at radius 1 is 1.10 bits per heavy atom. The maximum Gasteiger partial charge on any atom is 0.272 e. The first kappa shape index (κ1) is 19.2. The molecule has 1 heterocycles. The van der Waals surface area contributed by atoms with Crippen LogP contribution in [0.3, 0.4) is 0 Å². The normalized spacial score (nSPS) is 14.8. The molecule has 3 aromatic rings. The maximum absolute atomic E-state index is 13.4. The van der Waals surface area contributed by atoms with Crippen molar-refractivity contribution in [2.45, 2.75) is 45.1 Å². The van der Waals surface area contributed by atoms with Crippen LogP contribution >= 0.6 is 0 Å². The second-order valence-corrected chi connectivity index (χ2v) is 7.67. The summed E-state index contributed by atoms with van der Waals surface area (Å²) >= 11 is 0. The number of fused-ring (bicyclic) bond motifs is 1. The number of benzene rings is 2. The number of carbonyl (C=O) groups is 1. The van der Waals surface area contributed by atoms with E-state index in [0.717, 1.165) is 37.7 Å². The van der Waals surface area contributed by atoms with Gasteiger partial charge in [-0.25, -0.2) is 4.39 Å². The minimum absolute atomic E-state index is 0.00234. The average molecular weight is 394 g/mol. The molecule has 0 unspecified atom stereocenters. The Labute approximate surface area is 167 Å². The molecule has 2 N–H and O–H groups in total. The van der Waals surface area contributed by atoms with Crippen molar-refractivity contribution in [1.82, 2.24) is 9.88 Å². The van der Waals surface area contributed by atoms with Crippen molar-refractivity contribution >= 4 is 16.8 Å². The topological polar surface area (TPSA) is 71.3 Å². The molecule has 1 amide bonds. The molecule has 1 fully saturated rings. The molecule has 0 bridgehead atoms. The number of hydrogen-bond donors (Lipinski definition) is 2. The molecule has 29 heavy (non-hydrogen) atoms. The van der Waals surface area contributed by atoms with Crippen LogP contribution in [0.25, 0.3) is 16.6 Å². The summed E-state index contributed by atoms with van der Waals surface area (Å²) in [6.45, 7) is 1.87. The zero-order chi connectivity index (χ0) is 20.5. The van der Waals surface area contributed by atoms with E-state index in [9.17, 15) is 19.1 Å². The number of aromatic hydroxyl groups is 1. The highest BCUT2D eigenvalue weighted by molar-refractivity contribution is 6.03. The fraction of sp³-hybridized carbons (Fsp3) is 0.304. The van der Waals surface area contributed by atoms with Gasteiger partial charge in [0.2, 0.25) is 0 Å². The second-order valence-electron chi connectivity index (χ2n) is 7.67. The first-order valence-corrected chi connectivity index (χ1v) is 9.91. The van der Waals surface area contributed by atoms with Crippen molar-refractivity contribution < 1.29 is 14.3 Å². The standard InChI is InChI=1S/C23H23FN2O3/c1-14-7-12-19-18(13-14)21(27)20(22(28)25-16-5-3-2-4-6-16)23(29)26(19)17-10-8-15(24)9-11-17/h7-13,16,27H,2-6H2,1H3,(H,25,28). The number of amides is 1. The molecule has 6 heteroatoms. The number of pyridine rings is 1. The Bertz CT molecular complexity index is 1130. The molecule has 1 aliphatic rings. The van der Waals surface area contributed by atoms with Gasteiger partial charge < -0.3 is 10.4 Å². The van der Waals surface area contributed by atoms with E-state index < -0.39 is 17.3 Å². The lowest BCUT2D eigenvalue weighted by Gasteiger charge is -2.23. The van der Waals surface area contributed by atoms with Crippen molar-refractivity contribution in [3.8, 4) is 11.4 Å². The molecule has 5 nitrogen and oxygen atoms in total. The lowest BCUT2D eigenvalue weighted by Crippen LogP contribution is -2.39. The van der Waals surface area contributed by atoms with Crippen LogP contribution < -0.4 is 10.9 Å². The van der Waals surface area contributed by atoms with E-state index in [-0.39, 0.29) is 17.4 Å². The molecule has 1 saturated carbocycles. The average Bonchev–Trinajstić information content (AvgIpc) is 2.71. The molecule has 150 valence electrons. The van der Waals surface area contributed by atoms with E-state index >= 15 is 0 Å². The molecule has 0 atom stereocenters. The van der Waals surface area contributed by atoms with Crippen LogP contribution in [-0.2, 0) is 0 Å². The van der Waals surface area contributed by atoms with Gasteiger partial charge in [-0.15, -0.1) is 0 Å². The third-order valence-electron chi connectivity index (χ3n) is 5.55. The summed E-state index contributed by atoms with van der Waals surface area (Å²) in [5, 5.41) is 14.2. The summed E-state index contributed by atoms with van der Waals surface area (Å²) in [6.07, 6.45) is 4.95. The van der Waals surface area contributed by atoms with Gasteiger partial charge in [-0.3, -0.25) is 14.2 Å². The highest BCUT2D eigenvalue weighted by atomic mass is 19.1. The molecule has 0 saturated heterocycles.